The average molecular weight is 629 g/mol. The summed E-state index contributed by atoms with van der Waals surface area (Å²) >= 11 is 1.87. The van der Waals surface area contributed by atoms with Gasteiger partial charge in [0.2, 0.25) is 0 Å². The van der Waals surface area contributed by atoms with Gasteiger partial charge in [-0.05, 0) is 74.0 Å². The van der Waals surface area contributed by atoms with Crippen molar-refractivity contribution in [3.63, 3.8) is 0 Å². The van der Waals surface area contributed by atoms with E-state index in [9.17, 15) is 0 Å². The van der Waals surface area contributed by atoms with Gasteiger partial charge in [0.1, 0.15) is 0 Å². The Morgan fingerprint density at radius 2 is 1.23 bits per heavy atom. The van der Waals surface area contributed by atoms with Crippen molar-refractivity contribution in [2.45, 2.75) is 31.3 Å². The molecule has 1 saturated heterocycles. The van der Waals surface area contributed by atoms with Gasteiger partial charge in [-0.15, -0.1) is 11.3 Å². The lowest BCUT2D eigenvalue weighted by Gasteiger charge is -2.56. The Morgan fingerprint density at radius 1 is 0.574 bits per heavy atom. The first-order valence-electron chi connectivity index (χ1n) is 16.3. The van der Waals surface area contributed by atoms with Crippen LogP contribution in [0.4, 0.5) is 0 Å². The maximum atomic E-state index is 4.04. The summed E-state index contributed by atoms with van der Waals surface area (Å²) in [4.78, 5) is 2.42. The summed E-state index contributed by atoms with van der Waals surface area (Å²) in [6.45, 7) is 4.56. The Labute approximate surface area is 278 Å². The number of fused-ring (bicyclic) bond motifs is 6. The fraction of sp³-hybridized carbons (Fsp3) is 0.143. The summed E-state index contributed by atoms with van der Waals surface area (Å²) in [5, 5.41) is 13.2. The van der Waals surface area contributed by atoms with E-state index in [4.69, 9.17) is 0 Å². The van der Waals surface area contributed by atoms with E-state index in [1.807, 2.05) is 11.3 Å². The third-order valence-corrected chi connectivity index (χ3v) is 11.5. The molecular weight excluding hydrogens is 593 g/mol. The first-order chi connectivity index (χ1) is 22.9. The predicted octanol–water partition coefficient (Wildman–Crippen LogP) is 10.0. The molecule has 4 nitrogen and oxygen atoms in total. The lowest BCUT2D eigenvalue weighted by Crippen LogP contribution is -2.72. The first-order valence-corrected chi connectivity index (χ1v) is 17.1. The van der Waals surface area contributed by atoms with Crippen LogP contribution in [0.1, 0.15) is 36.7 Å². The lowest BCUT2D eigenvalue weighted by atomic mass is 9.89. The fourth-order valence-electron chi connectivity index (χ4n) is 7.79. The number of aromatic nitrogens is 1. The van der Waals surface area contributed by atoms with Crippen LogP contribution in [0.25, 0.3) is 47.7 Å². The third-order valence-electron chi connectivity index (χ3n) is 10.3. The monoisotopic (exact) mass is 628 g/mol. The quantitative estimate of drug-likeness (QED) is 0.203. The Hall–Kier alpha value is -4.78. The summed E-state index contributed by atoms with van der Waals surface area (Å²) in [5.74, 6) is 0. The number of nitrogens with one attached hydrogen (secondary N) is 2. The van der Waals surface area contributed by atoms with Gasteiger partial charge in [0.05, 0.1) is 28.5 Å². The normalized spacial score (nSPS) is 22.1. The molecule has 230 valence electrons. The van der Waals surface area contributed by atoms with E-state index in [1.54, 1.807) is 0 Å². The highest BCUT2D eigenvalue weighted by Crippen LogP contribution is 2.43. The molecule has 1 fully saturated rings. The van der Waals surface area contributed by atoms with Crippen LogP contribution in [0.5, 0.6) is 0 Å². The minimum Gasteiger partial charge on any atom is -0.309 e. The van der Waals surface area contributed by atoms with Gasteiger partial charge >= 0.3 is 0 Å². The zero-order valence-electron chi connectivity index (χ0n) is 26.7. The number of thiophene rings is 1. The van der Waals surface area contributed by atoms with Crippen LogP contribution in [0.2, 0.25) is 0 Å². The van der Waals surface area contributed by atoms with Crippen molar-refractivity contribution in [2.75, 3.05) is 7.05 Å². The summed E-state index contributed by atoms with van der Waals surface area (Å²) in [7, 11) is 2.21. The zero-order chi connectivity index (χ0) is 31.8. The van der Waals surface area contributed by atoms with E-state index in [0.717, 1.165) is 5.69 Å². The molecule has 9 rings (SSSR count). The SMILES string of the molecule is CN1C(c2ccccc2)NC(C)(c2ccccc2)NC1(C)c1ccc(-n2c3ccccc3c3cc4c(cc32)sc2ccccc24)cc1. The van der Waals surface area contributed by atoms with E-state index in [2.05, 4.69) is 187 Å². The van der Waals surface area contributed by atoms with Crippen molar-refractivity contribution in [1.82, 2.24) is 20.1 Å². The molecule has 0 aliphatic carbocycles. The van der Waals surface area contributed by atoms with Crippen molar-refractivity contribution in [2.24, 2.45) is 0 Å². The molecule has 8 aromatic rings. The van der Waals surface area contributed by atoms with Gasteiger partial charge in [-0.3, -0.25) is 15.5 Å². The van der Waals surface area contributed by atoms with Crippen molar-refractivity contribution < 1.29 is 0 Å². The molecule has 0 spiro atoms. The minimum absolute atomic E-state index is 0.00612. The van der Waals surface area contributed by atoms with Crippen LogP contribution in [-0.4, -0.2) is 16.5 Å². The lowest BCUT2D eigenvalue weighted by molar-refractivity contribution is -0.0671. The number of benzene rings is 6. The molecule has 1 aliphatic rings. The molecule has 3 atom stereocenters. The summed E-state index contributed by atoms with van der Waals surface area (Å²) < 4.78 is 5.08. The molecule has 0 radical (unpaired) electrons. The van der Waals surface area contributed by atoms with E-state index in [0.29, 0.717) is 0 Å². The first kappa shape index (κ1) is 28.4. The van der Waals surface area contributed by atoms with Crippen LogP contribution < -0.4 is 10.6 Å². The van der Waals surface area contributed by atoms with Crippen molar-refractivity contribution in [3.05, 3.63) is 162 Å². The van der Waals surface area contributed by atoms with Gasteiger partial charge in [0, 0.05) is 36.6 Å². The molecule has 0 bridgehead atoms. The standard InChI is InChI=1S/C42H36N4S/c1-41(29-16-8-5-9-17-29)43-40(28-14-6-4-7-15-28)45(3)42(2,44-41)30-22-24-31(25-23-30)46-36-20-12-10-18-32(36)34-26-35-33-19-11-13-21-38(33)47-39(35)27-37(34)46/h4-27,40,43-44H,1-3H3. The topological polar surface area (TPSA) is 32.2 Å². The molecule has 3 unspecified atom stereocenters. The van der Waals surface area contributed by atoms with Crippen LogP contribution in [0.3, 0.4) is 0 Å². The molecule has 1 aliphatic heterocycles. The van der Waals surface area contributed by atoms with Gasteiger partial charge in [0.15, 0.2) is 0 Å². The van der Waals surface area contributed by atoms with Crippen molar-refractivity contribution >= 4 is 53.3 Å². The van der Waals surface area contributed by atoms with Gasteiger partial charge in [-0.1, -0.05) is 109 Å². The number of hydrogen-bond donors (Lipinski definition) is 2. The Kier molecular flexibility index (Phi) is 6.43. The van der Waals surface area contributed by atoms with Crippen LogP contribution in [0.15, 0.2) is 146 Å². The molecule has 0 amide bonds. The van der Waals surface area contributed by atoms with Crippen LogP contribution in [0, 0.1) is 0 Å². The highest BCUT2D eigenvalue weighted by molar-refractivity contribution is 7.25. The van der Waals surface area contributed by atoms with E-state index in [-0.39, 0.29) is 6.17 Å². The highest BCUT2D eigenvalue weighted by Gasteiger charge is 2.48. The Morgan fingerprint density at radius 3 is 2.00 bits per heavy atom. The van der Waals surface area contributed by atoms with E-state index < -0.39 is 11.3 Å². The van der Waals surface area contributed by atoms with Crippen LogP contribution in [-0.2, 0) is 11.3 Å². The molecule has 47 heavy (non-hydrogen) atoms. The molecule has 2 aromatic heterocycles. The second-order valence-electron chi connectivity index (χ2n) is 13.1. The molecular formula is C42H36N4S. The fourth-order valence-corrected chi connectivity index (χ4v) is 8.91. The Balaban J connectivity index is 1.18. The number of hydrogen-bond acceptors (Lipinski definition) is 4. The second kappa shape index (κ2) is 10.6. The largest absolute Gasteiger partial charge is 0.309 e. The van der Waals surface area contributed by atoms with Gasteiger partial charge in [0.25, 0.3) is 0 Å². The van der Waals surface area contributed by atoms with E-state index >= 15 is 0 Å². The van der Waals surface area contributed by atoms with Gasteiger partial charge in [-0.2, -0.15) is 0 Å². The van der Waals surface area contributed by atoms with Crippen LogP contribution >= 0.6 is 11.3 Å². The maximum absolute atomic E-state index is 4.04. The van der Waals surface area contributed by atoms with Gasteiger partial charge < -0.3 is 4.57 Å². The number of para-hydroxylation sites is 1. The zero-order valence-corrected chi connectivity index (χ0v) is 27.6. The Bertz CT molecular complexity index is 2410. The smallest absolute Gasteiger partial charge is 0.0975 e. The molecule has 6 aromatic carbocycles. The minimum atomic E-state index is -0.473. The van der Waals surface area contributed by atoms with Crippen molar-refractivity contribution in [1.29, 1.82) is 0 Å². The van der Waals surface area contributed by atoms with E-state index in [1.165, 1.54) is 58.7 Å². The second-order valence-corrected chi connectivity index (χ2v) is 14.2. The average Bonchev–Trinajstić information content (AvgIpc) is 3.64. The predicted molar refractivity (Wildman–Crippen MR) is 198 cm³/mol. The molecule has 5 heteroatoms. The summed E-state index contributed by atoms with van der Waals surface area (Å²) in [6.07, 6.45) is -0.00612. The summed E-state index contributed by atoms with van der Waals surface area (Å²) in [5.41, 5.74) is 6.33. The molecule has 3 heterocycles. The maximum Gasteiger partial charge on any atom is 0.0975 e. The summed E-state index contributed by atoms with van der Waals surface area (Å²) in [6, 6.07) is 53.0. The third kappa shape index (κ3) is 4.39. The number of nitrogens with zero attached hydrogens (tertiary/aromatic N) is 2. The highest BCUT2D eigenvalue weighted by atomic mass is 32.1. The molecule has 2 N–H and O–H groups in total. The molecule has 0 saturated carbocycles. The number of rotatable bonds is 4. The van der Waals surface area contributed by atoms with Gasteiger partial charge in [-0.25, -0.2) is 0 Å². The van der Waals surface area contributed by atoms with Crippen molar-refractivity contribution in [3.8, 4) is 5.69 Å².